The molecule has 2 aromatic carbocycles. The van der Waals surface area contributed by atoms with Crippen LogP contribution < -0.4 is 15.4 Å². The summed E-state index contributed by atoms with van der Waals surface area (Å²) in [6.07, 6.45) is 11.3. The van der Waals surface area contributed by atoms with Gasteiger partial charge in [0.1, 0.15) is 11.4 Å². The maximum atomic E-state index is 13.1. The van der Waals surface area contributed by atoms with Crippen molar-refractivity contribution in [1.29, 1.82) is 0 Å². The first kappa shape index (κ1) is 22.4. The van der Waals surface area contributed by atoms with Crippen molar-refractivity contribution in [1.82, 2.24) is 15.6 Å². The van der Waals surface area contributed by atoms with Crippen molar-refractivity contribution < 1.29 is 14.3 Å². The van der Waals surface area contributed by atoms with Crippen LogP contribution >= 0.6 is 0 Å². The summed E-state index contributed by atoms with van der Waals surface area (Å²) < 4.78 is 5.34. The molecule has 6 nitrogen and oxygen atoms in total. The van der Waals surface area contributed by atoms with Crippen LogP contribution in [0.4, 0.5) is 0 Å². The van der Waals surface area contributed by atoms with Crippen LogP contribution in [-0.4, -0.2) is 30.5 Å². The minimum atomic E-state index is -0.329. The van der Waals surface area contributed by atoms with Crippen LogP contribution in [0, 0.1) is 0 Å². The Morgan fingerprint density at radius 2 is 1.97 bits per heavy atom. The van der Waals surface area contributed by atoms with Crippen molar-refractivity contribution in [2.45, 2.75) is 32.1 Å². The third kappa shape index (κ3) is 5.71. The minimum Gasteiger partial charge on any atom is -0.497 e. The van der Waals surface area contributed by atoms with Crippen molar-refractivity contribution in [3.8, 4) is 5.75 Å². The van der Waals surface area contributed by atoms with E-state index in [9.17, 15) is 9.59 Å². The lowest BCUT2D eigenvalue weighted by Crippen LogP contribution is -2.35. The molecule has 0 spiro atoms. The Balaban J connectivity index is 1.57. The molecule has 0 saturated heterocycles. The highest BCUT2D eigenvalue weighted by atomic mass is 16.5. The Morgan fingerprint density at radius 1 is 1.12 bits per heavy atom. The Kier molecular flexibility index (Phi) is 7.25. The zero-order valence-electron chi connectivity index (χ0n) is 18.8. The molecule has 1 aliphatic carbocycles. The smallest absolute Gasteiger partial charge is 0.267 e. The molecule has 3 N–H and O–H groups in total. The molecule has 1 aliphatic rings. The number of ether oxygens (including phenoxy) is 1. The molecule has 0 aliphatic heterocycles. The molecule has 0 atom stereocenters. The molecule has 0 unspecified atom stereocenters. The van der Waals surface area contributed by atoms with E-state index in [1.165, 1.54) is 18.4 Å². The minimum absolute atomic E-state index is 0.199. The molecule has 6 heteroatoms. The van der Waals surface area contributed by atoms with Gasteiger partial charge in [-0.1, -0.05) is 29.8 Å². The Hall–Kier alpha value is -3.80. The molecule has 3 aromatic rings. The lowest BCUT2D eigenvalue weighted by Gasteiger charge is -2.14. The number of rotatable bonds is 8. The predicted octanol–water partition coefficient (Wildman–Crippen LogP) is 4.95. The highest BCUT2D eigenvalue weighted by Crippen LogP contribution is 2.25. The first-order valence-corrected chi connectivity index (χ1v) is 11.3. The normalized spacial score (nSPS) is 14.0. The van der Waals surface area contributed by atoms with E-state index in [4.69, 9.17) is 4.74 Å². The third-order valence-corrected chi connectivity index (χ3v) is 5.87. The summed E-state index contributed by atoms with van der Waals surface area (Å²) in [6.45, 7) is 0.533. The first-order chi connectivity index (χ1) is 16.1. The van der Waals surface area contributed by atoms with Crippen molar-refractivity contribution in [2.24, 2.45) is 0 Å². The van der Waals surface area contributed by atoms with Gasteiger partial charge in [-0.2, -0.15) is 0 Å². The highest BCUT2D eigenvalue weighted by molar-refractivity contribution is 6.06. The second-order valence-corrected chi connectivity index (χ2v) is 8.15. The van der Waals surface area contributed by atoms with Crippen LogP contribution in [0.5, 0.6) is 5.75 Å². The molecule has 0 bridgehead atoms. The molecule has 0 radical (unpaired) electrons. The SMILES string of the molecule is COc1ccc2[nH]cc(/C=C(\NC(=O)c3ccccc3)C(=O)NCCC3=CCCCC3)c2c1. The zero-order valence-corrected chi connectivity index (χ0v) is 18.8. The lowest BCUT2D eigenvalue weighted by molar-refractivity contribution is -0.117. The number of aromatic amines is 1. The number of benzene rings is 2. The van der Waals surface area contributed by atoms with E-state index >= 15 is 0 Å². The number of hydrogen-bond donors (Lipinski definition) is 3. The van der Waals surface area contributed by atoms with Crippen LogP contribution in [0.15, 0.2) is 72.1 Å². The van der Waals surface area contributed by atoms with Gasteiger partial charge in [0, 0.05) is 34.8 Å². The van der Waals surface area contributed by atoms with Crippen LogP contribution in [0.25, 0.3) is 17.0 Å². The summed E-state index contributed by atoms with van der Waals surface area (Å²) in [7, 11) is 1.62. The van der Waals surface area contributed by atoms with Gasteiger partial charge in [-0.05, 0) is 68.5 Å². The average molecular weight is 444 g/mol. The van der Waals surface area contributed by atoms with E-state index in [0.29, 0.717) is 12.1 Å². The fourth-order valence-electron chi connectivity index (χ4n) is 4.03. The summed E-state index contributed by atoms with van der Waals surface area (Å²) >= 11 is 0. The molecule has 170 valence electrons. The number of H-pyrrole nitrogens is 1. The fourth-order valence-corrected chi connectivity index (χ4v) is 4.03. The molecule has 2 amide bonds. The number of allylic oxidation sites excluding steroid dienone is 1. The maximum Gasteiger partial charge on any atom is 0.267 e. The zero-order chi connectivity index (χ0) is 23.0. The third-order valence-electron chi connectivity index (χ3n) is 5.87. The number of hydrogen-bond acceptors (Lipinski definition) is 3. The fraction of sp³-hybridized carbons (Fsp3) is 0.259. The van der Waals surface area contributed by atoms with E-state index in [0.717, 1.165) is 41.5 Å². The molecule has 1 heterocycles. The van der Waals surface area contributed by atoms with E-state index < -0.39 is 0 Å². The molecule has 33 heavy (non-hydrogen) atoms. The quantitative estimate of drug-likeness (QED) is 0.340. The standard InChI is InChI=1S/C27H29N3O3/c1-33-22-12-13-24-23(17-22)21(18-29-24)16-25(30-26(31)20-10-6-3-7-11-20)27(32)28-15-14-19-8-4-2-5-9-19/h3,6-8,10-13,16-18,29H,2,4-5,9,14-15H2,1H3,(H,28,32)(H,30,31)/b25-16-. The van der Waals surface area contributed by atoms with Crippen LogP contribution in [0.1, 0.15) is 48.0 Å². The molecular weight excluding hydrogens is 414 g/mol. The Labute approximate surface area is 193 Å². The van der Waals surface area contributed by atoms with Crippen molar-refractivity contribution in [3.05, 3.63) is 83.2 Å². The van der Waals surface area contributed by atoms with E-state index in [1.807, 2.05) is 30.5 Å². The van der Waals surface area contributed by atoms with Gasteiger partial charge in [0.15, 0.2) is 0 Å². The van der Waals surface area contributed by atoms with Crippen molar-refractivity contribution in [2.75, 3.05) is 13.7 Å². The summed E-state index contributed by atoms with van der Waals surface area (Å²) in [4.78, 5) is 29.1. The van der Waals surface area contributed by atoms with Crippen LogP contribution in [-0.2, 0) is 4.79 Å². The molecule has 4 rings (SSSR count). The topological polar surface area (TPSA) is 83.2 Å². The monoisotopic (exact) mass is 443 g/mol. The van der Waals surface area contributed by atoms with Gasteiger partial charge in [-0.25, -0.2) is 0 Å². The second kappa shape index (κ2) is 10.7. The van der Waals surface area contributed by atoms with Crippen LogP contribution in [0.3, 0.4) is 0 Å². The molecule has 0 saturated carbocycles. The lowest BCUT2D eigenvalue weighted by atomic mass is 9.97. The summed E-state index contributed by atoms with van der Waals surface area (Å²) in [5, 5.41) is 6.68. The summed E-state index contributed by atoms with van der Waals surface area (Å²) in [6, 6.07) is 14.6. The van der Waals surface area contributed by atoms with Gasteiger partial charge < -0.3 is 20.4 Å². The van der Waals surface area contributed by atoms with Gasteiger partial charge in [0.2, 0.25) is 0 Å². The molecular formula is C27H29N3O3. The van der Waals surface area contributed by atoms with E-state index in [1.54, 1.807) is 37.5 Å². The highest BCUT2D eigenvalue weighted by Gasteiger charge is 2.16. The maximum absolute atomic E-state index is 13.1. The molecule has 0 fully saturated rings. The Bertz CT molecular complexity index is 1190. The average Bonchev–Trinajstić information content (AvgIpc) is 3.26. The number of amides is 2. The number of carbonyl (C=O) groups is 2. The van der Waals surface area contributed by atoms with Gasteiger partial charge in [0.25, 0.3) is 11.8 Å². The van der Waals surface area contributed by atoms with Gasteiger partial charge in [-0.15, -0.1) is 0 Å². The summed E-state index contributed by atoms with van der Waals surface area (Å²) in [5.74, 6) is 0.0779. The van der Waals surface area contributed by atoms with Crippen molar-refractivity contribution >= 4 is 28.8 Å². The second-order valence-electron chi connectivity index (χ2n) is 8.15. The Morgan fingerprint density at radius 3 is 2.73 bits per heavy atom. The molecule has 1 aromatic heterocycles. The van der Waals surface area contributed by atoms with Gasteiger partial charge >= 0.3 is 0 Å². The van der Waals surface area contributed by atoms with Crippen LogP contribution in [0.2, 0.25) is 0 Å². The number of aromatic nitrogens is 1. The van der Waals surface area contributed by atoms with Gasteiger partial charge in [-0.3, -0.25) is 9.59 Å². The van der Waals surface area contributed by atoms with Gasteiger partial charge in [0.05, 0.1) is 7.11 Å². The van der Waals surface area contributed by atoms with E-state index in [2.05, 4.69) is 21.7 Å². The first-order valence-electron chi connectivity index (χ1n) is 11.3. The number of methoxy groups -OCH3 is 1. The predicted molar refractivity (Wildman–Crippen MR) is 131 cm³/mol. The van der Waals surface area contributed by atoms with Crippen molar-refractivity contribution in [3.63, 3.8) is 0 Å². The number of nitrogens with one attached hydrogen (secondary N) is 3. The number of fused-ring (bicyclic) bond motifs is 1. The largest absolute Gasteiger partial charge is 0.497 e. The number of carbonyl (C=O) groups excluding carboxylic acids is 2. The summed E-state index contributed by atoms with van der Waals surface area (Å²) in [5.41, 5.74) is 3.79. The van der Waals surface area contributed by atoms with E-state index in [-0.39, 0.29) is 17.5 Å².